The zero-order valence-electron chi connectivity index (χ0n) is 23.1. The summed E-state index contributed by atoms with van der Waals surface area (Å²) in [7, 11) is -3.76. The van der Waals surface area contributed by atoms with Gasteiger partial charge in [0, 0.05) is 25.1 Å². The van der Waals surface area contributed by atoms with Crippen LogP contribution >= 0.6 is 11.8 Å². The molecule has 1 unspecified atom stereocenters. The van der Waals surface area contributed by atoms with Gasteiger partial charge in [-0.2, -0.15) is 4.99 Å². The van der Waals surface area contributed by atoms with Crippen molar-refractivity contribution in [1.29, 1.82) is 0 Å². The van der Waals surface area contributed by atoms with E-state index in [9.17, 15) is 22.8 Å². The van der Waals surface area contributed by atoms with Gasteiger partial charge in [0.15, 0.2) is 5.17 Å². The molecule has 4 N–H and O–H groups in total. The van der Waals surface area contributed by atoms with Gasteiger partial charge in [0.2, 0.25) is 21.8 Å². The molecule has 0 bridgehead atoms. The van der Waals surface area contributed by atoms with Crippen LogP contribution in [-0.2, 0) is 37.4 Å². The van der Waals surface area contributed by atoms with Gasteiger partial charge in [-0.3, -0.25) is 19.3 Å². The number of primary sulfonamides is 1. The fraction of sp³-hybridized carbons (Fsp3) is 0.233. The number of thioether (sulfide) groups is 1. The van der Waals surface area contributed by atoms with E-state index in [1.54, 1.807) is 17.0 Å². The smallest absolute Gasteiger partial charge is 0.270 e. The van der Waals surface area contributed by atoms with E-state index in [2.05, 4.69) is 15.6 Å². The summed E-state index contributed by atoms with van der Waals surface area (Å²) in [5, 5.41) is 11.3. The predicted molar refractivity (Wildman–Crippen MR) is 165 cm³/mol. The van der Waals surface area contributed by atoms with Gasteiger partial charge in [-0.15, -0.1) is 0 Å². The Labute approximate surface area is 253 Å². The molecular weight excluding hydrogens is 589 g/mol. The molecule has 13 heteroatoms. The summed E-state index contributed by atoms with van der Waals surface area (Å²) in [6.45, 7) is 0.745. The van der Waals surface area contributed by atoms with Crippen LogP contribution in [-0.4, -0.2) is 60.4 Å². The second kappa shape index (κ2) is 13.3. The summed E-state index contributed by atoms with van der Waals surface area (Å²) >= 11 is 1.19. The monoisotopic (exact) mass is 618 g/mol. The third kappa shape index (κ3) is 7.55. The van der Waals surface area contributed by atoms with E-state index in [1.807, 2.05) is 54.6 Å². The minimum atomic E-state index is -3.76. The molecule has 0 spiro atoms. The first-order valence-corrected chi connectivity index (χ1v) is 16.1. The Bertz CT molecular complexity index is 1690. The molecule has 1 atom stereocenters. The third-order valence-corrected chi connectivity index (χ3v) is 8.79. The second-order valence-electron chi connectivity index (χ2n) is 9.95. The van der Waals surface area contributed by atoms with Gasteiger partial charge in [0.25, 0.3) is 5.91 Å². The maximum absolute atomic E-state index is 13.0. The molecule has 3 aromatic rings. The lowest BCUT2D eigenvalue weighted by Crippen LogP contribution is -2.44. The van der Waals surface area contributed by atoms with Crippen LogP contribution in [0.4, 0.5) is 5.69 Å². The van der Waals surface area contributed by atoms with Gasteiger partial charge in [0.1, 0.15) is 11.9 Å². The number of carbonyl (C=O) groups is 3. The Morgan fingerprint density at radius 2 is 1.60 bits per heavy atom. The standard InChI is InChI=1S/C30H30N6O5S2/c31-43(40,41)22-12-10-20(11-13-22)16-17-32-27(38)19-42-30-34-24-9-5-4-8-23(24)28-35-29(39)25(36(28)30)14-15-26(37)33-18-21-6-2-1-3-7-21/h1-13,25H,14-19H2,(H,32,38)(H,33,37)(H2,31,40,41). The van der Waals surface area contributed by atoms with E-state index in [1.165, 1.54) is 23.9 Å². The summed E-state index contributed by atoms with van der Waals surface area (Å²) in [4.78, 5) is 49.1. The molecule has 43 heavy (non-hydrogen) atoms. The van der Waals surface area contributed by atoms with Crippen LogP contribution in [0.3, 0.4) is 0 Å². The minimum Gasteiger partial charge on any atom is -0.355 e. The van der Waals surface area contributed by atoms with Crippen LogP contribution < -0.4 is 15.8 Å². The first-order chi connectivity index (χ1) is 20.7. The number of benzene rings is 3. The van der Waals surface area contributed by atoms with Crippen molar-refractivity contribution >= 4 is 56.2 Å². The minimum absolute atomic E-state index is 0.0286. The fourth-order valence-corrected chi connectivity index (χ4v) is 6.10. The summed E-state index contributed by atoms with van der Waals surface area (Å²) in [6.07, 6.45) is 0.868. The van der Waals surface area contributed by atoms with Crippen molar-refractivity contribution in [2.75, 3.05) is 12.3 Å². The molecule has 2 aliphatic heterocycles. The number of amides is 3. The quantitative estimate of drug-likeness (QED) is 0.297. The number of nitrogens with two attached hydrogens (primary N) is 1. The van der Waals surface area contributed by atoms with Gasteiger partial charge >= 0.3 is 0 Å². The summed E-state index contributed by atoms with van der Waals surface area (Å²) in [5.74, 6) is -0.237. The highest BCUT2D eigenvalue weighted by Crippen LogP contribution is 2.35. The molecular formula is C30H30N6O5S2. The molecule has 0 fully saturated rings. The zero-order chi connectivity index (χ0) is 30.4. The van der Waals surface area contributed by atoms with Crippen molar-refractivity contribution < 1.29 is 22.8 Å². The first-order valence-electron chi connectivity index (χ1n) is 13.6. The van der Waals surface area contributed by atoms with E-state index < -0.39 is 16.1 Å². The largest absolute Gasteiger partial charge is 0.355 e. The van der Waals surface area contributed by atoms with Crippen molar-refractivity contribution in [2.45, 2.75) is 36.7 Å². The lowest BCUT2D eigenvalue weighted by atomic mass is 10.1. The number of hydrogen-bond donors (Lipinski definition) is 3. The molecule has 0 aromatic heterocycles. The average molecular weight is 619 g/mol. The molecule has 0 saturated carbocycles. The van der Waals surface area contributed by atoms with Crippen LogP contribution in [0.25, 0.3) is 0 Å². The van der Waals surface area contributed by atoms with Gasteiger partial charge < -0.3 is 10.6 Å². The van der Waals surface area contributed by atoms with E-state index in [0.717, 1.165) is 11.1 Å². The van der Waals surface area contributed by atoms with Crippen LogP contribution in [0.1, 0.15) is 29.5 Å². The molecule has 222 valence electrons. The maximum Gasteiger partial charge on any atom is 0.270 e. The number of nitrogens with one attached hydrogen (secondary N) is 2. The number of para-hydroxylation sites is 1. The van der Waals surface area contributed by atoms with E-state index in [4.69, 9.17) is 10.1 Å². The van der Waals surface area contributed by atoms with Crippen LogP contribution in [0.15, 0.2) is 93.7 Å². The van der Waals surface area contributed by atoms with E-state index >= 15 is 0 Å². The molecule has 3 aromatic carbocycles. The molecule has 2 aliphatic rings. The third-order valence-electron chi connectivity index (χ3n) is 6.91. The topological polar surface area (TPSA) is 163 Å². The number of nitrogens with zero attached hydrogens (tertiary/aromatic N) is 3. The van der Waals surface area contributed by atoms with Gasteiger partial charge in [0.05, 0.1) is 16.3 Å². The summed E-state index contributed by atoms with van der Waals surface area (Å²) < 4.78 is 22.9. The van der Waals surface area contributed by atoms with Gasteiger partial charge in [-0.05, 0) is 48.2 Å². The average Bonchev–Trinajstić information content (AvgIpc) is 3.34. The molecule has 0 aliphatic carbocycles. The van der Waals surface area contributed by atoms with Gasteiger partial charge in [-0.25, -0.2) is 18.5 Å². The number of sulfonamides is 1. The zero-order valence-corrected chi connectivity index (χ0v) is 24.7. The fourth-order valence-electron chi connectivity index (χ4n) is 4.70. The number of hydrogen-bond acceptors (Lipinski definition) is 8. The SMILES string of the molecule is NS(=O)(=O)c1ccc(CCNC(=O)CSC2=Nc3ccccc3C3=NC(=O)C(CCC(=O)NCc4ccccc4)N23)cc1. The number of aliphatic imine (C=N–C) groups is 2. The Morgan fingerprint density at radius 1 is 0.884 bits per heavy atom. The van der Waals surface area contributed by atoms with E-state index in [-0.39, 0.29) is 41.2 Å². The highest BCUT2D eigenvalue weighted by Gasteiger charge is 2.41. The van der Waals surface area contributed by atoms with Crippen molar-refractivity contribution in [3.63, 3.8) is 0 Å². The first kappa shape index (κ1) is 30.1. The summed E-state index contributed by atoms with van der Waals surface area (Å²) in [5.41, 5.74) is 3.20. The van der Waals surface area contributed by atoms with Crippen LogP contribution in [0.2, 0.25) is 0 Å². The number of rotatable bonds is 11. The molecule has 2 heterocycles. The van der Waals surface area contributed by atoms with Crippen molar-refractivity contribution in [2.24, 2.45) is 15.1 Å². The highest BCUT2D eigenvalue weighted by molar-refractivity contribution is 8.14. The normalized spacial score (nSPS) is 15.7. The molecule has 5 rings (SSSR count). The van der Waals surface area contributed by atoms with Gasteiger partial charge in [-0.1, -0.05) is 66.4 Å². The predicted octanol–water partition coefficient (Wildman–Crippen LogP) is 2.48. The molecule has 3 amide bonds. The van der Waals surface area contributed by atoms with Crippen molar-refractivity contribution in [3.05, 3.63) is 95.6 Å². The summed E-state index contributed by atoms with van der Waals surface area (Å²) in [6, 6.07) is 22.4. The van der Waals surface area contributed by atoms with Crippen molar-refractivity contribution in [1.82, 2.24) is 15.5 Å². The Balaban J connectivity index is 1.19. The Hall–Kier alpha value is -4.33. The highest BCUT2D eigenvalue weighted by atomic mass is 32.2. The molecule has 0 radical (unpaired) electrons. The number of amidine groups is 2. The van der Waals surface area contributed by atoms with Crippen LogP contribution in [0, 0.1) is 0 Å². The second-order valence-corrected chi connectivity index (χ2v) is 12.5. The number of fused-ring (bicyclic) bond motifs is 3. The Kier molecular flexibility index (Phi) is 9.34. The number of carbonyl (C=O) groups excluding carboxylic acids is 3. The lowest BCUT2D eigenvalue weighted by molar-refractivity contribution is -0.122. The molecule has 0 saturated heterocycles. The maximum atomic E-state index is 13.0. The Morgan fingerprint density at radius 3 is 2.35 bits per heavy atom. The lowest BCUT2D eigenvalue weighted by Gasteiger charge is -2.31. The van der Waals surface area contributed by atoms with Crippen LogP contribution in [0.5, 0.6) is 0 Å². The van der Waals surface area contributed by atoms with E-state index in [0.29, 0.717) is 41.8 Å². The van der Waals surface area contributed by atoms with Crippen molar-refractivity contribution in [3.8, 4) is 0 Å². The molecule has 11 nitrogen and oxygen atoms in total.